The lowest BCUT2D eigenvalue weighted by molar-refractivity contribution is -0.137. The molecule has 0 saturated heterocycles. The molecular weight excluding hydrogens is 239 g/mol. The van der Waals surface area contributed by atoms with Crippen LogP contribution in [0.5, 0.6) is 0 Å². The summed E-state index contributed by atoms with van der Waals surface area (Å²) >= 11 is 0. The Labute approximate surface area is 102 Å². The molecule has 0 atom stereocenters. The molecule has 18 heavy (non-hydrogen) atoms. The molecule has 1 aromatic carbocycles. The number of aryl methyl sites for hydroxylation is 1. The van der Waals surface area contributed by atoms with Crippen LogP contribution in [0.25, 0.3) is 11.4 Å². The van der Waals surface area contributed by atoms with Crippen molar-refractivity contribution in [1.82, 2.24) is 20.2 Å². The minimum atomic E-state index is -0.879. The van der Waals surface area contributed by atoms with Crippen molar-refractivity contribution in [1.29, 1.82) is 0 Å². The van der Waals surface area contributed by atoms with Gasteiger partial charge in [0.25, 0.3) is 0 Å². The third kappa shape index (κ3) is 2.68. The van der Waals surface area contributed by atoms with Crippen LogP contribution >= 0.6 is 0 Å². The molecule has 0 amide bonds. The first-order valence-corrected chi connectivity index (χ1v) is 5.41. The highest BCUT2D eigenvalue weighted by Gasteiger charge is 2.12. The molecule has 1 aromatic heterocycles. The van der Waals surface area contributed by atoms with E-state index in [4.69, 9.17) is 5.11 Å². The monoisotopic (exact) mass is 250 g/mol. The van der Waals surface area contributed by atoms with Crippen molar-refractivity contribution in [2.75, 3.05) is 0 Å². The lowest BCUT2D eigenvalue weighted by Crippen LogP contribution is -2.06. The molecule has 1 heterocycles. The van der Waals surface area contributed by atoms with Crippen molar-refractivity contribution in [3.05, 3.63) is 30.1 Å². The standard InChI is InChI=1S/C11H11FN4O2/c12-9-5-2-1-4-8(9)11-13-14-15-16(11)7-3-6-10(17)18/h1-2,4-5H,3,6-7H2,(H,17,18). The van der Waals surface area contributed by atoms with Gasteiger partial charge in [0.05, 0.1) is 5.56 Å². The van der Waals surface area contributed by atoms with Crippen LogP contribution in [-0.2, 0) is 11.3 Å². The number of benzene rings is 1. The van der Waals surface area contributed by atoms with Gasteiger partial charge in [0.15, 0.2) is 5.82 Å². The summed E-state index contributed by atoms with van der Waals surface area (Å²) in [7, 11) is 0. The summed E-state index contributed by atoms with van der Waals surface area (Å²) in [6.45, 7) is 0.336. The Morgan fingerprint density at radius 2 is 2.17 bits per heavy atom. The van der Waals surface area contributed by atoms with Crippen molar-refractivity contribution >= 4 is 5.97 Å². The summed E-state index contributed by atoms with van der Waals surface area (Å²) in [5.74, 6) is -0.985. The number of nitrogens with zero attached hydrogens (tertiary/aromatic N) is 4. The molecule has 0 fully saturated rings. The molecule has 0 saturated carbocycles. The van der Waals surface area contributed by atoms with E-state index < -0.39 is 11.8 Å². The van der Waals surface area contributed by atoms with Gasteiger partial charge in [-0.1, -0.05) is 12.1 Å². The summed E-state index contributed by atoms with van der Waals surface area (Å²) in [5.41, 5.74) is 0.304. The first kappa shape index (κ1) is 12.2. The number of aromatic nitrogens is 4. The number of carbonyl (C=O) groups is 1. The fraction of sp³-hybridized carbons (Fsp3) is 0.273. The Kier molecular flexibility index (Phi) is 3.61. The van der Waals surface area contributed by atoms with E-state index in [2.05, 4.69) is 15.5 Å². The quantitative estimate of drug-likeness (QED) is 0.866. The van der Waals surface area contributed by atoms with Crippen LogP contribution in [0.2, 0.25) is 0 Å². The van der Waals surface area contributed by atoms with E-state index >= 15 is 0 Å². The van der Waals surface area contributed by atoms with Crippen LogP contribution in [-0.4, -0.2) is 31.3 Å². The summed E-state index contributed by atoms with van der Waals surface area (Å²) in [4.78, 5) is 10.4. The first-order valence-electron chi connectivity index (χ1n) is 5.41. The molecular formula is C11H11FN4O2. The molecule has 0 aliphatic carbocycles. The highest BCUT2D eigenvalue weighted by Crippen LogP contribution is 2.19. The highest BCUT2D eigenvalue weighted by atomic mass is 19.1. The molecule has 1 N–H and O–H groups in total. The minimum Gasteiger partial charge on any atom is -0.481 e. The van der Waals surface area contributed by atoms with Gasteiger partial charge >= 0.3 is 5.97 Å². The SMILES string of the molecule is O=C(O)CCCn1nnnc1-c1ccccc1F. The Balaban J connectivity index is 2.18. The van der Waals surface area contributed by atoms with Crippen LogP contribution in [0.15, 0.2) is 24.3 Å². The smallest absolute Gasteiger partial charge is 0.303 e. The van der Waals surface area contributed by atoms with Gasteiger partial charge in [-0.05, 0) is 29.0 Å². The number of rotatable bonds is 5. The summed E-state index contributed by atoms with van der Waals surface area (Å²) in [5, 5.41) is 19.5. The number of halogens is 1. The number of hydrogen-bond donors (Lipinski definition) is 1. The molecule has 94 valence electrons. The summed E-state index contributed by atoms with van der Waals surface area (Å²) in [6, 6.07) is 6.17. The van der Waals surface area contributed by atoms with Crippen molar-refractivity contribution < 1.29 is 14.3 Å². The van der Waals surface area contributed by atoms with Crippen LogP contribution in [0, 0.1) is 5.82 Å². The van der Waals surface area contributed by atoms with E-state index in [1.54, 1.807) is 18.2 Å². The van der Waals surface area contributed by atoms with Gasteiger partial charge in [-0.15, -0.1) is 5.10 Å². The van der Waals surface area contributed by atoms with Gasteiger partial charge in [0.2, 0.25) is 0 Å². The maximum Gasteiger partial charge on any atom is 0.303 e. The average molecular weight is 250 g/mol. The number of carboxylic acids is 1. The zero-order valence-corrected chi connectivity index (χ0v) is 9.45. The third-order valence-electron chi connectivity index (χ3n) is 2.41. The lowest BCUT2D eigenvalue weighted by atomic mass is 10.2. The first-order chi connectivity index (χ1) is 8.68. The van der Waals surface area contributed by atoms with E-state index in [0.29, 0.717) is 24.4 Å². The zero-order chi connectivity index (χ0) is 13.0. The van der Waals surface area contributed by atoms with Crippen LogP contribution in [0.1, 0.15) is 12.8 Å². The van der Waals surface area contributed by atoms with Crippen LogP contribution in [0.3, 0.4) is 0 Å². The topological polar surface area (TPSA) is 80.9 Å². The number of aliphatic carboxylic acids is 1. The predicted molar refractivity (Wildman–Crippen MR) is 60.1 cm³/mol. The fourth-order valence-corrected chi connectivity index (χ4v) is 1.57. The molecule has 0 aliphatic heterocycles. The largest absolute Gasteiger partial charge is 0.481 e. The van der Waals surface area contributed by atoms with Gasteiger partial charge < -0.3 is 5.11 Å². The van der Waals surface area contributed by atoms with Gasteiger partial charge in [-0.2, -0.15) is 0 Å². The Hall–Kier alpha value is -2.31. The Morgan fingerprint density at radius 1 is 1.39 bits per heavy atom. The third-order valence-corrected chi connectivity index (χ3v) is 2.41. The van der Waals surface area contributed by atoms with Crippen LogP contribution in [0.4, 0.5) is 4.39 Å². The molecule has 2 aromatic rings. The number of carboxylic acid groups (broad SMARTS) is 1. The van der Waals surface area contributed by atoms with E-state index in [1.165, 1.54) is 10.7 Å². The van der Waals surface area contributed by atoms with Gasteiger partial charge in [-0.3, -0.25) is 4.79 Å². The van der Waals surface area contributed by atoms with E-state index in [1.807, 2.05) is 0 Å². The highest BCUT2D eigenvalue weighted by molar-refractivity contribution is 5.66. The van der Waals surface area contributed by atoms with Gasteiger partial charge in [-0.25, -0.2) is 9.07 Å². The molecule has 0 aliphatic rings. The summed E-state index contributed by atoms with van der Waals surface area (Å²) < 4.78 is 15.0. The van der Waals surface area contributed by atoms with Crippen molar-refractivity contribution in [2.24, 2.45) is 0 Å². The molecule has 0 unspecified atom stereocenters. The second kappa shape index (κ2) is 5.35. The van der Waals surface area contributed by atoms with Crippen molar-refractivity contribution in [2.45, 2.75) is 19.4 Å². The number of hydrogen-bond acceptors (Lipinski definition) is 4. The summed E-state index contributed by atoms with van der Waals surface area (Å²) in [6.07, 6.45) is 0.415. The minimum absolute atomic E-state index is 0.0244. The second-order valence-corrected chi connectivity index (χ2v) is 3.70. The van der Waals surface area contributed by atoms with Crippen molar-refractivity contribution in [3.63, 3.8) is 0 Å². The van der Waals surface area contributed by atoms with E-state index in [9.17, 15) is 9.18 Å². The van der Waals surface area contributed by atoms with Crippen molar-refractivity contribution in [3.8, 4) is 11.4 Å². The van der Waals surface area contributed by atoms with Gasteiger partial charge in [0, 0.05) is 13.0 Å². The van der Waals surface area contributed by atoms with Gasteiger partial charge in [0.1, 0.15) is 5.82 Å². The maximum absolute atomic E-state index is 13.6. The Morgan fingerprint density at radius 3 is 2.89 bits per heavy atom. The molecule has 0 radical (unpaired) electrons. The zero-order valence-electron chi connectivity index (χ0n) is 9.45. The van der Waals surface area contributed by atoms with Crippen LogP contribution < -0.4 is 0 Å². The normalized spacial score (nSPS) is 10.5. The van der Waals surface area contributed by atoms with E-state index in [-0.39, 0.29) is 6.42 Å². The molecule has 6 nitrogen and oxygen atoms in total. The lowest BCUT2D eigenvalue weighted by Gasteiger charge is -2.04. The predicted octanol–water partition coefficient (Wildman–Crippen LogP) is 1.34. The fourth-order valence-electron chi connectivity index (χ4n) is 1.57. The second-order valence-electron chi connectivity index (χ2n) is 3.70. The molecule has 7 heteroatoms. The maximum atomic E-state index is 13.6. The number of tetrazole rings is 1. The Bertz CT molecular complexity index is 555. The molecule has 0 spiro atoms. The average Bonchev–Trinajstić information content (AvgIpc) is 2.77. The molecule has 0 bridgehead atoms. The van der Waals surface area contributed by atoms with E-state index in [0.717, 1.165) is 0 Å². The molecule has 2 rings (SSSR count).